The summed E-state index contributed by atoms with van der Waals surface area (Å²) < 4.78 is 26.7. The molecule has 1 aromatic heterocycles. The van der Waals surface area contributed by atoms with Gasteiger partial charge < -0.3 is 5.32 Å². The zero-order chi connectivity index (χ0) is 15.2. The van der Waals surface area contributed by atoms with Crippen LogP contribution < -0.4 is 5.32 Å². The predicted octanol–water partition coefficient (Wildman–Crippen LogP) is 3.95. The first-order chi connectivity index (χ1) is 10.1. The SMILES string of the molecule is CCCNC(Cc1cc(F)cc(F)c1)c1cnccc1C. The van der Waals surface area contributed by atoms with E-state index < -0.39 is 11.6 Å². The van der Waals surface area contributed by atoms with Gasteiger partial charge >= 0.3 is 0 Å². The quantitative estimate of drug-likeness (QED) is 0.871. The van der Waals surface area contributed by atoms with E-state index in [1.165, 1.54) is 12.1 Å². The van der Waals surface area contributed by atoms with Crippen LogP contribution in [-0.4, -0.2) is 11.5 Å². The Labute approximate surface area is 124 Å². The lowest BCUT2D eigenvalue weighted by molar-refractivity contribution is 0.519. The fraction of sp³-hybridized carbons (Fsp3) is 0.353. The molecular weight excluding hydrogens is 270 g/mol. The number of nitrogens with one attached hydrogen (secondary N) is 1. The van der Waals surface area contributed by atoms with Gasteiger partial charge in [-0.1, -0.05) is 6.92 Å². The minimum Gasteiger partial charge on any atom is -0.310 e. The molecule has 112 valence electrons. The molecule has 2 rings (SSSR count). The third-order valence-corrected chi connectivity index (χ3v) is 3.46. The van der Waals surface area contributed by atoms with Gasteiger partial charge in [-0.15, -0.1) is 0 Å². The zero-order valence-electron chi connectivity index (χ0n) is 12.4. The Hall–Kier alpha value is -1.81. The van der Waals surface area contributed by atoms with Crippen LogP contribution in [0.15, 0.2) is 36.7 Å². The summed E-state index contributed by atoms with van der Waals surface area (Å²) in [7, 11) is 0. The highest BCUT2D eigenvalue weighted by molar-refractivity contribution is 5.28. The number of nitrogens with zero attached hydrogens (tertiary/aromatic N) is 1. The van der Waals surface area contributed by atoms with Crippen molar-refractivity contribution in [2.24, 2.45) is 0 Å². The molecule has 1 atom stereocenters. The van der Waals surface area contributed by atoms with Crippen molar-refractivity contribution in [1.82, 2.24) is 10.3 Å². The second kappa shape index (κ2) is 7.27. The lowest BCUT2D eigenvalue weighted by atomic mass is 9.96. The van der Waals surface area contributed by atoms with Gasteiger partial charge in [0.05, 0.1) is 0 Å². The molecule has 0 fully saturated rings. The lowest BCUT2D eigenvalue weighted by Crippen LogP contribution is -2.25. The number of halogens is 2. The molecule has 0 aliphatic rings. The highest BCUT2D eigenvalue weighted by Gasteiger charge is 2.15. The topological polar surface area (TPSA) is 24.9 Å². The number of pyridine rings is 1. The first kappa shape index (κ1) is 15.6. The molecule has 1 aromatic carbocycles. The first-order valence-electron chi connectivity index (χ1n) is 7.19. The third kappa shape index (κ3) is 4.33. The molecule has 0 spiro atoms. The molecule has 21 heavy (non-hydrogen) atoms. The number of benzene rings is 1. The number of aryl methyl sites for hydroxylation is 1. The van der Waals surface area contributed by atoms with E-state index in [1.54, 1.807) is 6.20 Å². The molecule has 0 bridgehead atoms. The largest absolute Gasteiger partial charge is 0.310 e. The molecular formula is C17H20F2N2. The van der Waals surface area contributed by atoms with E-state index >= 15 is 0 Å². The van der Waals surface area contributed by atoms with E-state index in [9.17, 15) is 8.78 Å². The molecule has 0 saturated heterocycles. The van der Waals surface area contributed by atoms with E-state index in [1.807, 2.05) is 19.2 Å². The van der Waals surface area contributed by atoms with Crippen LogP contribution in [-0.2, 0) is 6.42 Å². The van der Waals surface area contributed by atoms with Crippen LogP contribution in [0.1, 0.15) is 36.1 Å². The number of rotatable bonds is 6. The van der Waals surface area contributed by atoms with E-state index in [-0.39, 0.29) is 6.04 Å². The van der Waals surface area contributed by atoms with Crippen molar-refractivity contribution in [1.29, 1.82) is 0 Å². The maximum atomic E-state index is 13.3. The second-order valence-corrected chi connectivity index (χ2v) is 5.22. The average Bonchev–Trinajstić information content (AvgIpc) is 2.43. The van der Waals surface area contributed by atoms with Gasteiger partial charge in [-0.2, -0.15) is 0 Å². The Morgan fingerprint density at radius 3 is 2.52 bits per heavy atom. The molecule has 0 saturated carbocycles. The maximum absolute atomic E-state index is 13.3. The van der Waals surface area contributed by atoms with E-state index in [0.717, 1.165) is 30.2 Å². The van der Waals surface area contributed by atoms with Crippen LogP contribution in [0.5, 0.6) is 0 Å². The fourth-order valence-corrected chi connectivity index (χ4v) is 2.42. The smallest absolute Gasteiger partial charge is 0.126 e. The summed E-state index contributed by atoms with van der Waals surface area (Å²) in [4.78, 5) is 4.16. The van der Waals surface area contributed by atoms with Crippen molar-refractivity contribution < 1.29 is 8.78 Å². The van der Waals surface area contributed by atoms with Crippen molar-refractivity contribution in [2.45, 2.75) is 32.7 Å². The molecule has 0 amide bonds. The first-order valence-corrected chi connectivity index (χ1v) is 7.19. The lowest BCUT2D eigenvalue weighted by Gasteiger charge is -2.20. The van der Waals surface area contributed by atoms with Crippen molar-refractivity contribution in [3.8, 4) is 0 Å². The Balaban J connectivity index is 2.26. The molecule has 0 radical (unpaired) electrons. The highest BCUT2D eigenvalue weighted by Crippen LogP contribution is 2.22. The van der Waals surface area contributed by atoms with E-state index in [4.69, 9.17) is 0 Å². The van der Waals surface area contributed by atoms with Gasteiger partial charge in [0.15, 0.2) is 0 Å². The van der Waals surface area contributed by atoms with Gasteiger partial charge in [0.2, 0.25) is 0 Å². The van der Waals surface area contributed by atoms with E-state index in [2.05, 4.69) is 17.2 Å². The maximum Gasteiger partial charge on any atom is 0.126 e. The summed E-state index contributed by atoms with van der Waals surface area (Å²) in [6.45, 7) is 4.95. The molecule has 0 aliphatic carbocycles. The van der Waals surface area contributed by atoms with Crippen molar-refractivity contribution in [3.05, 3.63) is 65.0 Å². The number of hydrogen-bond donors (Lipinski definition) is 1. The van der Waals surface area contributed by atoms with Gasteiger partial charge in [0.1, 0.15) is 11.6 Å². The van der Waals surface area contributed by atoms with Gasteiger partial charge in [0, 0.05) is 24.5 Å². The minimum absolute atomic E-state index is 0.000139. The Bertz CT molecular complexity index is 579. The summed E-state index contributed by atoms with van der Waals surface area (Å²) >= 11 is 0. The zero-order valence-corrected chi connectivity index (χ0v) is 12.4. The summed E-state index contributed by atoms with van der Waals surface area (Å²) in [5.74, 6) is -1.08. The highest BCUT2D eigenvalue weighted by atomic mass is 19.1. The third-order valence-electron chi connectivity index (χ3n) is 3.46. The van der Waals surface area contributed by atoms with Gasteiger partial charge in [-0.3, -0.25) is 4.98 Å². The second-order valence-electron chi connectivity index (χ2n) is 5.22. The average molecular weight is 290 g/mol. The Kier molecular flexibility index (Phi) is 5.39. The van der Waals surface area contributed by atoms with Crippen LogP contribution in [0, 0.1) is 18.6 Å². The van der Waals surface area contributed by atoms with Crippen molar-refractivity contribution >= 4 is 0 Å². The summed E-state index contributed by atoms with van der Waals surface area (Å²) in [5, 5.41) is 3.43. The van der Waals surface area contributed by atoms with Gasteiger partial charge in [-0.05, 0) is 61.2 Å². The molecule has 1 N–H and O–H groups in total. The van der Waals surface area contributed by atoms with E-state index in [0.29, 0.717) is 12.0 Å². The number of aromatic nitrogens is 1. The monoisotopic (exact) mass is 290 g/mol. The van der Waals surface area contributed by atoms with Crippen LogP contribution >= 0.6 is 0 Å². The number of hydrogen-bond acceptors (Lipinski definition) is 2. The summed E-state index contributed by atoms with van der Waals surface area (Å²) in [5.41, 5.74) is 2.83. The summed E-state index contributed by atoms with van der Waals surface area (Å²) in [6, 6.07) is 5.61. The Morgan fingerprint density at radius 1 is 1.19 bits per heavy atom. The molecule has 0 aliphatic heterocycles. The summed E-state index contributed by atoms with van der Waals surface area (Å²) in [6.07, 6.45) is 5.09. The standard InChI is InChI=1S/C17H20F2N2/c1-3-5-21-17(16-11-20-6-4-12(16)2)9-13-7-14(18)10-15(19)8-13/h4,6-8,10-11,17,21H,3,5,9H2,1-2H3. The molecule has 1 unspecified atom stereocenters. The molecule has 2 nitrogen and oxygen atoms in total. The van der Waals surface area contributed by atoms with Crippen molar-refractivity contribution in [2.75, 3.05) is 6.54 Å². The normalized spacial score (nSPS) is 12.4. The van der Waals surface area contributed by atoms with Crippen LogP contribution in [0.4, 0.5) is 8.78 Å². The molecule has 4 heteroatoms. The minimum atomic E-state index is -0.540. The van der Waals surface area contributed by atoms with Crippen molar-refractivity contribution in [3.63, 3.8) is 0 Å². The van der Waals surface area contributed by atoms with Crippen LogP contribution in [0.25, 0.3) is 0 Å². The molecule has 2 aromatic rings. The Morgan fingerprint density at radius 2 is 1.90 bits per heavy atom. The molecule has 1 heterocycles. The van der Waals surface area contributed by atoms with Crippen LogP contribution in [0.3, 0.4) is 0 Å². The predicted molar refractivity (Wildman–Crippen MR) is 80.1 cm³/mol. The van der Waals surface area contributed by atoms with Crippen LogP contribution in [0.2, 0.25) is 0 Å². The van der Waals surface area contributed by atoms with Gasteiger partial charge in [-0.25, -0.2) is 8.78 Å². The van der Waals surface area contributed by atoms with Gasteiger partial charge in [0.25, 0.3) is 0 Å². The fourth-order valence-electron chi connectivity index (χ4n) is 2.42.